The van der Waals surface area contributed by atoms with Crippen LogP contribution in [-0.4, -0.2) is 62.7 Å². The van der Waals surface area contributed by atoms with Gasteiger partial charge in [0, 0.05) is 36.8 Å². The van der Waals surface area contributed by atoms with E-state index in [0.717, 1.165) is 24.3 Å². The number of hydrogen-bond donors (Lipinski definition) is 4. The first-order chi connectivity index (χ1) is 14.8. The molecular weight excluding hydrogens is 462 g/mol. The standard InChI is InChI=1S/C18H23N5O5S3/c24-18(17-11-16(12-19-17)31(27,28)23-7-9-29-10-8-23)21-20-13-3-5-15(6-4-13)30(25,26)22-14-1-2-14/h3-6,11-12,14,19-20,22H,1-2,7-10H2,(H,21,24). The van der Waals surface area contributed by atoms with Crippen molar-refractivity contribution in [3.05, 3.63) is 42.2 Å². The highest BCUT2D eigenvalue weighted by Gasteiger charge is 2.29. The minimum absolute atomic E-state index is 0.0189. The van der Waals surface area contributed by atoms with E-state index in [1.54, 1.807) is 11.8 Å². The number of benzene rings is 1. The van der Waals surface area contributed by atoms with Crippen molar-refractivity contribution in [1.82, 2.24) is 19.4 Å². The zero-order valence-electron chi connectivity index (χ0n) is 16.5. The van der Waals surface area contributed by atoms with Crippen molar-refractivity contribution < 1.29 is 21.6 Å². The number of thioether (sulfide) groups is 1. The van der Waals surface area contributed by atoms with Crippen LogP contribution in [0.3, 0.4) is 0 Å². The normalized spacial score (nSPS) is 17.9. The summed E-state index contributed by atoms with van der Waals surface area (Å²) in [5.41, 5.74) is 5.72. The van der Waals surface area contributed by atoms with Crippen LogP contribution in [0.15, 0.2) is 46.3 Å². The van der Waals surface area contributed by atoms with Crippen LogP contribution in [-0.2, 0) is 20.0 Å². The van der Waals surface area contributed by atoms with Crippen molar-refractivity contribution in [3.63, 3.8) is 0 Å². The van der Waals surface area contributed by atoms with Crippen molar-refractivity contribution >= 4 is 43.4 Å². The summed E-state index contributed by atoms with van der Waals surface area (Å²) in [5, 5.41) is 0. The first-order valence-corrected chi connectivity index (χ1v) is 13.8. The third-order valence-electron chi connectivity index (χ3n) is 4.89. The number of amides is 1. The number of carbonyl (C=O) groups is 1. The molecule has 0 unspecified atom stereocenters. The van der Waals surface area contributed by atoms with Crippen LogP contribution in [0.2, 0.25) is 0 Å². The van der Waals surface area contributed by atoms with Gasteiger partial charge in [0.1, 0.15) is 10.6 Å². The Kier molecular flexibility index (Phi) is 6.30. The molecule has 0 spiro atoms. The molecular formula is C18H23N5O5S3. The third-order valence-corrected chi connectivity index (χ3v) is 9.25. The number of aromatic nitrogens is 1. The van der Waals surface area contributed by atoms with E-state index in [1.807, 2.05) is 0 Å². The molecule has 168 valence electrons. The van der Waals surface area contributed by atoms with Gasteiger partial charge in [-0.3, -0.25) is 15.6 Å². The number of anilines is 1. The molecule has 0 bridgehead atoms. The highest BCUT2D eigenvalue weighted by atomic mass is 32.2. The maximum absolute atomic E-state index is 12.7. The van der Waals surface area contributed by atoms with Crippen LogP contribution in [0.5, 0.6) is 0 Å². The predicted molar refractivity (Wildman–Crippen MR) is 118 cm³/mol. The van der Waals surface area contributed by atoms with Crippen molar-refractivity contribution in [2.24, 2.45) is 0 Å². The fourth-order valence-corrected chi connectivity index (χ4v) is 6.87. The number of nitrogens with one attached hydrogen (secondary N) is 4. The molecule has 0 radical (unpaired) electrons. The minimum Gasteiger partial charge on any atom is -0.356 e. The lowest BCUT2D eigenvalue weighted by atomic mass is 10.3. The van der Waals surface area contributed by atoms with Gasteiger partial charge in [-0.25, -0.2) is 21.6 Å². The molecule has 1 aromatic heterocycles. The van der Waals surface area contributed by atoms with Gasteiger partial charge in [0.15, 0.2) is 0 Å². The second-order valence-corrected chi connectivity index (χ2v) is 12.1. The summed E-state index contributed by atoms with van der Waals surface area (Å²) in [5.74, 6) is 0.942. The Bertz CT molecular complexity index is 1150. The summed E-state index contributed by atoms with van der Waals surface area (Å²) < 4.78 is 53.7. The smallest absolute Gasteiger partial charge is 0.286 e. The first-order valence-electron chi connectivity index (χ1n) is 9.71. The number of hydrogen-bond acceptors (Lipinski definition) is 7. The number of aromatic amines is 1. The number of hydrazine groups is 1. The zero-order chi connectivity index (χ0) is 22.1. The molecule has 1 saturated heterocycles. The molecule has 1 aromatic carbocycles. The van der Waals surface area contributed by atoms with Crippen LogP contribution in [0.1, 0.15) is 23.3 Å². The lowest BCUT2D eigenvalue weighted by Gasteiger charge is -2.24. The summed E-state index contributed by atoms with van der Waals surface area (Å²) in [6.45, 7) is 0.895. The Morgan fingerprint density at radius 2 is 1.71 bits per heavy atom. The topological polar surface area (TPSA) is 140 Å². The van der Waals surface area contributed by atoms with Crippen LogP contribution >= 0.6 is 11.8 Å². The molecule has 1 aliphatic heterocycles. The zero-order valence-corrected chi connectivity index (χ0v) is 18.9. The van der Waals surface area contributed by atoms with E-state index in [0.29, 0.717) is 18.8 Å². The second-order valence-electron chi connectivity index (χ2n) is 7.26. The molecule has 2 aromatic rings. The van der Waals surface area contributed by atoms with E-state index < -0.39 is 26.0 Å². The molecule has 1 amide bonds. The Labute approximate surface area is 185 Å². The molecule has 1 saturated carbocycles. The first kappa shape index (κ1) is 22.1. The van der Waals surface area contributed by atoms with Gasteiger partial charge in [0.25, 0.3) is 5.91 Å². The van der Waals surface area contributed by atoms with Crippen molar-refractivity contribution in [3.8, 4) is 0 Å². The summed E-state index contributed by atoms with van der Waals surface area (Å²) in [7, 11) is -7.18. The van der Waals surface area contributed by atoms with Gasteiger partial charge in [-0.15, -0.1) is 0 Å². The maximum atomic E-state index is 12.7. The number of carbonyl (C=O) groups excluding carboxylic acids is 1. The summed E-state index contributed by atoms with van der Waals surface area (Å²) in [6.07, 6.45) is 3.01. The summed E-state index contributed by atoms with van der Waals surface area (Å²) >= 11 is 1.71. The monoisotopic (exact) mass is 485 g/mol. The average Bonchev–Trinajstić information content (AvgIpc) is 3.41. The third kappa shape index (κ3) is 5.23. The predicted octanol–water partition coefficient (Wildman–Crippen LogP) is 0.950. The van der Waals surface area contributed by atoms with Crippen molar-refractivity contribution in [1.29, 1.82) is 0 Å². The van der Waals surface area contributed by atoms with Gasteiger partial charge in [-0.05, 0) is 43.2 Å². The number of H-pyrrole nitrogens is 1. The average molecular weight is 486 g/mol. The lowest BCUT2D eigenvalue weighted by molar-refractivity contribution is 0.0958. The van der Waals surface area contributed by atoms with Crippen LogP contribution in [0, 0.1) is 0 Å². The van der Waals surface area contributed by atoms with E-state index in [4.69, 9.17) is 0 Å². The molecule has 31 heavy (non-hydrogen) atoms. The number of nitrogens with zero attached hydrogens (tertiary/aromatic N) is 1. The van der Waals surface area contributed by atoms with Gasteiger partial charge in [-0.1, -0.05) is 0 Å². The molecule has 4 N–H and O–H groups in total. The second kappa shape index (κ2) is 8.82. The highest BCUT2D eigenvalue weighted by molar-refractivity contribution is 7.99. The summed E-state index contributed by atoms with van der Waals surface area (Å²) in [4.78, 5) is 15.2. The Morgan fingerprint density at radius 3 is 2.35 bits per heavy atom. The van der Waals surface area contributed by atoms with Gasteiger partial charge < -0.3 is 4.98 Å². The van der Waals surface area contributed by atoms with E-state index in [2.05, 4.69) is 20.6 Å². The van der Waals surface area contributed by atoms with E-state index >= 15 is 0 Å². The van der Waals surface area contributed by atoms with Gasteiger partial charge in [-0.2, -0.15) is 16.1 Å². The molecule has 2 heterocycles. The lowest BCUT2D eigenvalue weighted by Crippen LogP contribution is -2.37. The fourth-order valence-electron chi connectivity index (χ4n) is 2.99. The SMILES string of the molecule is O=C(NNc1ccc(S(=O)(=O)NC2CC2)cc1)c1cc(S(=O)(=O)N2CCSCC2)c[nH]1. The largest absolute Gasteiger partial charge is 0.356 e. The van der Waals surface area contributed by atoms with Gasteiger partial charge >= 0.3 is 0 Å². The molecule has 1 aliphatic carbocycles. The molecule has 13 heteroatoms. The number of rotatable bonds is 8. The van der Waals surface area contributed by atoms with Crippen molar-refractivity contribution in [2.75, 3.05) is 30.0 Å². The Hall–Kier alpha value is -2.06. The van der Waals surface area contributed by atoms with E-state index in [9.17, 15) is 21.6 Å². The fraction of sp³-hybridized carbons (Fsp3) is 0.389. The Morgan fingerprint density at radius 1 is 1.03 bits per heavy atom. The van der Waals surface area contributed by atoms with Gasteiger partial charge in [0.05, 0.1) is 10.6 Å². The molecule has 4 rings (SSSR count). The maximum Gasteiger partial charge on any atom is 0.286 e. The number of sulfonamides is 2. The molecule has 2 aliphatic rings. The quantitative estimate of drug-likeness (QED) is 0.408. The Balaban J connectivity index is 1.36. The van der Waals surface area contributed by atoms with Crippen LogP contribution < -0.4 is 15.6 Å². The van der Waals surface area contributed by atoms with E-state index in [1.165, 1.54) is 40.8 Å². The molecule has 2 fully saturated rings. The van der Waals surface area contributed by atoms with Crippen LogP contribution in [0.4, 0.5) is 5.69 Å². The van der Waals surface area contributed by atoms with Gasteiger partial charge in [0.2, 0.25) is 20.0 Å². The van der Waals surface area contributed by atoms with E-state index in [-0.39, 0.29) is 21.5 Å². The van der Waals surface area contributed by atoms with Crippen LogP contribution in [0.25, 0.3) is 0 Å². The summed E-state index contributed by atoms with van der Waals surface area (Å²) in [6, 6.07) is 7.25. The highest BCUT2D eigenvalue weighted by Crippen LogP contribution is 2.23. The minimum atomic E-state index is -3.64. The van der Waals surface area contributed by atoms with Crippen molar-refractivity contribution in [2.45, 2.75) is 28.7 Å². The molecule has 10 nitrogen and oxygen atoms in total. The molecule has 0 atom stereocenters.